The number of aromatic nitrogens is 2. The molecule has 5 aromatic rings. The van der Waals surface area contributed by atoms with Gasteiger partial charge in [0.25, 0.3) is 0 Å². The number of rotatable bonds is 6. The molecule has 1 aliphatic rings. The number of amides is 1. The second-order valence-electron chi connectivity index (χ2n) is 9.38. The molecule has 1 saturated carbocycles. The minimum absolute atomic E-state index is 0.161. The summed E-state index contributed by atoms with van der Waals surface area (Å²) >= 11 is 1.45. The molecule has 1 N–H and O–H groups in total. The number of pyridine rings is 1. The van der Waals surface area contributed by atoms with Crippen molar-refractivity contribution in [3.05, 3.63) is 108 Å². The Hall–Kier alpha value is -4.67. The van der Waals surface area contributed by atoms with Crippen LogP contribution in [0.3, 0.4) is 0 Å². The van der Waals surface area contributed by atoms with Crippen LogP contribution in [0, 0.1) is 30.1 Å². The highest BCUT2D eigenvalue weighted by molar-refractivity contribution is 7.09. The van der Waals surface area contributed by atoms with E-state index in [0.29, 0.717) is 12.2 Å². The Morgan fingerprint density at radius 2 is 1.74 bits per heavy atom. The van der Waals surface area contributed by atoms with Gasteiger partial charge in [-0.3, -0.25) is 4.79 Å². The van der Waals surface area contributed by atoms with Crippen molar-refractivity contribution in [2.45, 2.75) is 13.3 Å². The van der Waals surface area contributed by atoms with Crippen LogP contribution in [-0.4, -0.2) is 21.0 Å². The predicted molar refractivity (Wildman–Crippen MR) is 152 cm³/mol. The number of nitrogens with zero attached hydrogens (tertiary/aromatic N) is 4. The van der Waals surface area contributed by atoms with Gasteiger partial charge in [-0.25, -0.2) is 14.3 Å². The maximum Gasteiger partial charge on any atom is 0.230 e. The van der Waals surface area contributed by atoms with Gasteiger partial charge in [0.05, 0.1) is 34.2 Å². The topological polar surface area (TPSA) is 91.0 Å². The third-order valence-corrected chi connectivity index (χ3v) is 7.65. The first-order valence-corrected chi connectivity index (χ1v) is 13.1. The lowest BCUT2D eigenvalue weighted by Gasteiger charge is -2.12. The summed E-state index contributed by atoms with van der Waals surface area (Å²) in [5.41, 5.74) is 5.77. The summed E-state index contributed by atoms with van der Waals surface area (Å²) in [4.78, 5) is 23.4. The molecule has 38 heavy (non-hydrogen) atoms. The average Bonchev–Trinajstić information content (AvgIpc) is 3.63. The Morgan fingerprint density at radius 3 is 2.34 bits per heavy atom. The van der Waals surface area contributed by atoms with Crippen molar-refractivity contribution in [3.8, 4) is 16.5 Å². The van der Waals surface area contributed by atoms with Crippen LogP contribution in [0.25, 0.3) is 21.2 Å². The lowest BCUT2D eigenvalue weighted by Crippen LogP contribution is -2.15. The lowest BCUT2D eigenvalue weighted by molar-refractivity contribution is -0.117. The minimum atomic E-state index is -0.261. The molecule has 0 spiro atoms. The van der Waals surface area contributed by atoms with Gasteiger partial charge in [-0.2, -0.15) is 5.26 Å². The molecule has 1 unspecified atom stereocenters. The molecular weight excluding hydrogens is 490 g/mol. The second kappa shape index (κ2) is 10.0. The number of hydrogen-bond acceptors (Lipinski definition) is 6. The first kappa shape index (κ1) is 23.7. The van der Waals surface area contributed by atoms with Crippen LogP contribution in [0.15, 0.2) is 96.2 Å². The van der Waals surface area contributed by atoms with Gasteiger partial charge in [-0.15, -0.1) is 0 Å². The van der Waals surface area contributed by atoms with Gasteiger partial charge < -0.3 is 5.32 Å². The zero-order valence-corrected chi connectivity index (χ0v) is 21.4. The summed E-state index contributed by atoms with van der Waals surface area (Å²) in [5.74, 6) is -0.160. The summed E-state index contributed by atoms with van der Waals surface area (Å²) in [6.07, 6.45) is 4.23. The number of nitrogens with one attached hydrogen (secondary N) is 1. The quantitative estimate of drug-likeness (QED) is 0.249. The van der Waals surface area contributed by atoms with Gasteiger partial charge in [-0.1, -0.05) is 60.7 Å². The summed E-state index contributed by atoms with van der Waals surface area (Å²) in [6.45, 7) is 2.05. The first-order valence-electron chi connectivity index (χ1n) is 12.4. The van der Waals surface area contributed by atoms with Crippen molar-refractivity contribution in [2.75, 3.05) is 5.32 Å². The SMILES string of the molecule is Cc1cnsc1-c1cc(N=C(c2ccccc2)c2ccccc2)c2cnc(NC(=O)[C@@H]3CC3C#N)cc2c1. The highest BCUT2D eigenvalue weighted by Crippen LogP contribution is 2.39. The number of carbonyl (C=O) groups is 1. The largest absolute Gasteiger partial charge is 0.310 e. The first-order chi connectivity index (χ1) is 18.6. The van der Waals surface area contributed by atoms with Crippen LogP contribution < -0.4 is 5.32 Å². The smallest absolute Gasteiger partial charge is 0.230 e. The van der Waals surface area contributed by atoms with Gasteiger partial charge in [0.15, 0.2) is 0 Å². The van der Waals surface area contributed by atoms with E-state index in [-0.39, 0.29) is 17.7 Å². The standard InChI is InChI=1S/C31H23N5OS/c1-19-17-34-38-30(19)23-12-22-15-28(36-31(37)25-13-24(25)16-32)33-18-26(22)27(14-23)35-29(20-8-4-2-5-9-20)21-10-6-3-7-11-21/h2-12,14-15,17-18,24-25H,13H2,1H3,(H,33,36,37)/t24?,25-/m1/s1. The maximum absolute atomic E-state index is 12.6. The molecule has 0 aliphatic heterocycles. The fourth-order valence-corrected chi connectivity index (χ4v) is 5.29. The lowest BCUT2D eigenvalue weighted by atomic mass is 10.0. The number of aryl methyl sites for hydroxylation is 1. The van der Waals surface area contributed by atoms with E-state index in [1.807, 2.05) is 55.6 Å². The van der Waals surface area contributed by atoms with Crippen molar-refractivity contribution in [1.82, 2.24) is 9.36 Å². The van der Waals surface area contributed by atoms with Crippen molar-refractivity contribution in [1.29, 1.82) is 5.26 Å². The van der Waals surface area contributed by atoms with Gasteiger partial charge >= 0.3 is 0 Å². The minimum Gasteiger partial charge on any atom is -0.310 e. The van der Waals surface area contributed by atoms with E-state index in [9.17, 15) is 4.79 Å². The van der Waals surface area contributed by atoms with Gasteiger partial charge in [-0.05, 0) is 59.6 Å². The van der Waals surface area contributed by atoms with Gasteiger partial charge in [0, 0.05) is 28.9 Å². The number of aliphatic imine (C=N–C) groups is 1. The summed E-state index contributed by atoms with van der Waals surface area (Å²) < 4.78 is 4.37. The molecule has 184 valence electrons. The van der Waals surface area contributed by atoms with E-state index in [2.05, 4.69) is 57.1 Å². The van der Waals surface area contributed by atoms with E-state index in [0.717, 1.165) is 49.3 Å². The Bertz CT molecular complexity index is 1680. The Balaban J connectivity index is 1.51. The molecule has 3 aromatic carbocycles. The number of fused-ring (bicyclic) bond motifs is 1. The number of carbonyl (C=O) groups excluding carboxylic acids is 1. The highest BCUT2D eigenvalue weighted by atomic mass is 32.1. The third kappa shape index (κ3) is 4.70. The molecule has 2 atom stereocenters. The average molecular weight is 514 g/mol. The number of anilines is 1. The molecule has 1 fully saturated rings. The molecule has 1 aliphatic carbocycles. The van der Waals surface area contributed by atoms with Crippen LogP contribution in [0.2, 0.25) is 0 Å². The van der Waals surface area contributed by atoms with E-state index < -0.39 is 0 Å². The maximum atomic E-state index is 12.6. The van der Waals surface area contributed by atoms with Crippen LogP contribution >= 0.6 is 11.5 Å². The van der Waals surface area contributed by atoms with Crippen molar-refractivity contribution in [2.24, 2.45) is 16.8 Å². The van der Waals surface area contributed by atoms with Crippen molar-refractivity contribution in [3.63, 3.8) is 0 Å². The normalized spacial score (nSPS) is 16.0. The van der Waals surface area contributed by atoms with E-state index in [1.165, 1.54) is 11.5 Å². The Morgan fingerprint density at radius 1 is 1.03 bits per heavy atom. The summed E-state index contributed by atoms with van der Waals surface area (Å²) in [7, 11) is 0. The molecule has 6 rings (SSSR count). The van der Waals surface area contributed by atoms with Crippen LogP contribution in [0.5, 0.6) is 0 Å². The van der Waals surface area contributed by atoms with Crippen LogP contribution in [0.4, 0.5) is 11.5 Å². The monoisotopic (exact) mass is 513 g/mol. The molecule has 1 amide bonds. The third-order valence-electron chi connectivity index (χ3n) is 6.70. The Kier molecular flexibility index (Phi) is 6.24. The predicted octanol–water partition coefficient (Wildman–Crippen LogP) is 6.93. The summed E-state index contributed by atoms with van der Waals surface area (Å²) in [5, 5.41) is 13.8. The molecule has 0 saturated heterocycles. The molecule has 2 heterocycles. The molecule has 0 radical (unpaired) electrons. The van der Waals surface area contributed by atoms with Crippen LogP contribution in [0.1, 0.15) is 23.1 Å². The van der Waals surface area contributed by atoms with Crippen LogP contribution in [-0.2, 0) is 4.79 Å². The molecular formula is C31H23N5OS. The highest BCUT2D eigenvalue weighted by Gasteiger charge is 2.43. The van der Waals surface area contributed by atoms with Crippen molar-refractivity contribution < 1.29 is 4.79 Å². The molecule has 6 nitrogen and oxygen atoms in total. The van der Waals surface area contributed by atoms with E-state index in [1.54, 1.807) is 6.20 Å². The number of benzene rings is 3. The van der Waals surface area contributed by atoms with E-state index in [4.69, 9.17) is 10.3 Å². The number of hydrogen-bond donors (Lipinski definition) is 1. The molecule has 0 bridgehead atoms. The van der Waals surface area contributed by atoms with Gasteiger partial charge in [0.1, 0.15) is 5.82 Å². The van der Waals surface area contributed by atoms with E-state index >= 15 is 0 Å². The number of nitriles is 1. The fourth-order valence-electron chi connectivity index (χ4n) is 4.55. The summed E-state index contributed by atoms with van der Waals surface area (Å²) in [6, 6.07) is 28.5. The molecule has 2 aromatic heterocycles. The molecule has 7 heteroatoms. The Labute approximate surface area is 224 Å². The second-order valence-corrected chi connectivity index (χ2v) is 10.2. The van der Waals surface area contributed by atoms with Crippen molar-refractivity contribution >= 4 is 45.4 Å². The van der Waals surface area contributed by atoms with Gasteiger partial charge in [0.2, 0.25) is 5.91 Å². The zero-order chi connectivity index (χ0) is 26.1. The zero-order valence-electron chi connectivity index (χ0n) is 20.6. The fraction of sp³-hybridized carbons (Fsp3) is 0.129.